The van der Waals surface area contributed by atoms with Gasteiger partial charge in [0.05, 0.1) is 62.7 Å². The van der Waals surface area contributed by atoms with Crippen molar-refractivity contribution in [3.05, 3.63) is 114 Å². The summed E-state index contributed by atoms with van der Waals surface area (Å²) in [6, 6.07) is 30.0. The third-order valence-corrected chi connectivity index (χ3v) is 6.67. The third kappa shape index (κ3) is 2.64. The molecule has 0 N–H and O–H groups in total. The van der Waals surface area contributed by atoms with Crippen LogP contribution in [0.1, 0.15) is 5.56 Å². The van der Waals surface area contributed by atoms with Gasteiger partial charge in [-0.15, -0.1) is 0 Å². The molecule has 7 rings (SSSR count). The quantitative estimate of drug-likeness (QED) is 0.259. The molecule has 0 amide bonds. The minimum Gasteiger partial charge on any atom is -0.307 e. The number of hydrogen-bond donors (Lipinski definition) is 0. The van der Waals surface area contributed by atoms with Crippen molar-refractivity contribution in [2.24, 2.45) is 0 Å². The smallest absolute Gasteiger partial charge is 0.206 e. The maximum absolute atomic E-state index is 9.93. The molecule has 0 saturated carbocycles. The second-order valence-electron chi connectivity index (χ2n) is 8.53. The van der Waals surface area contributed by atoms with Crippen LogP contribution in [0.2, 0.25) is 0 Å². The zero-order valence-electron chi connectivity index (χ0n) is 18.9. The average Bonchev–Trinajstić information content (AvgIpc) is 3.45. The van der Waals surface area contributed by atoms with Gasteiger partial charge in [0, 0.05) is 23.2 Å². The van der Waals surface area contributed by atoms with Crippen molar-refractivity contribution in [1.82, 2.24) is 19.1 Å². The Morgan fingerprint density at radius 1 is 0.667 bits per heavy atom. The van der Waals surface area contributed by atoms with Gasteiger partial charge in [0.1, 0.15) is 0 Å². The number of nitriles is 1. The van der Waals surface area contributed by atoms with Crippen molar-refractivity contribution in [2.75, 3.05) is 0 Å². The first kappa shape index (κ1) is 20.0. The van der Waals surface area contributed by atoms with Crippen molar-refractivity contribution in [3.8, 4) is 17.4 Å². The van der Waals surface area contributed by atoms with Crippen LogP contribution in [-0.2, 0) is 0 Å². The Bertz CT molecular complexity index is 1820. The number of para-hydroxylation sites is 2. The van der Waals surface area contributed by atoms with Crippen LogP contribution in [0.4, 0.5) is 5.69 Å². The molecule has 6 heteroatoms. The predicted molar refractivity (Wildman–Crippen MR) is 142 cm³/mol. The maximum Gasteiger partial charge on any atom is 0.206 e. The molecule has 0 aliphatic heterocycles. The molecule has 0 fully saturated rings. The van der Waals surface area contributed by atoms with Gasteiger partial charge in [-0.25, -0.2) is 4.85 Å². The second kappa shape index (κ2) is 7.53. The molecule has 0 atom stereocenters. The van der Waals surface area contributed by atoms with Gasteiger partial charge in [-0.2, -0.15) is 5.26 Å². The molecule has 0 unspecified atom stereocenters. The van der Waals surface area contributed by atoms with Crippen LogP contribution in [0, 0.1) is 17.9 Å². The highest BCUT2D eigenvalue weighted by atomic mass is 15.1. The zero-order chi connectivity index (χ0) is 24.2. The molecule has 3 aromatic carbocycles. The fourth-order valence-corrected chi connectivity index (χ4v) is 5.19. The zero-order valence-corrected chi connectivity index (χ0v) is 18.9. The first-order valence-corrected chi connectivity index (χ1v) is 11.4. The number of aromatic nitrogens is 4. The Labute approximate surface area is 205 Å². The van der Waals surface area contributed by atoms with E-state index in [1.165, 1.54) is 0 Å². The lowest BCUT2D eigenvalue weighted by molar-refractivity contribution is 1.09. The van der Waals surface area contributed by atoms with Gasteiger partial charge >= 0.3 is 0 Å². The largest absolute Gasteiger partial charge is 0.307 e. The molecule has 0 aliphatic rings. The summed E-state index contributed by atoms with van der Waals surface area (Å²) in [7, 11) is 0. The van der Waals surface area contributed by atoms with Gasteiger partial charge in [0.15, 0.2) is 0 Å². The van der Waals surface area contributed by atoms with Crippen molar-refractivity contribution in [2.45, 2.75) is 0 Å². The van der Waals surface area contributed by atoms with E-state index in [0.29, 0.717) is 11.3 Å². The second-order valence-corrected chi connectivity index (χ2v) is 8.53. The van der Waals surface area contributed by atoms with E-state index in [0.717, 1.165) is 55.2 Å². The van der Waals surface area contributed by atoms with Crippen LogP contribution >= 0.6 is 0 Å². The molecule has 36 heavy (non-hydrogen) atoms. The van der Waals surface area contributed by atoms with Gasteiger partial charge in [0.2, 0.25) is 5.69 Å². The van der Waals surface area contributed by atoms with Crippen LogP contribution in [0.25, 0.3) is 60.1 Å². The van der Waals surface area contributed by atoms with E-state index in [2.05, 4.69) is 54.3 Å². The first-order chi connectivity index (χ1) is 17.8. The predicted octanol–water partition coefficient (Wildman–Crippen LogP) is 7.09. The molecule has 4 heterocycles. The van der Waals surface area contributed by atoms with E-state index < -0.39 is 0 Å². The van der Waals surface area contributed by atoms with Crippen molar-refractivity contribution in [1.29, 1.82) is 5.26 Å². The lowest BCUT2D eigenvalue weighted by atomic mass is 10.1. The van der Waals surface area contributed by atoms with Crippen LogP contribution in [0.5, 0.6) is 0 Å². The van der Waals surface area contributed by atoms with E-state index in [4.69, 9.17) is 6.57 Å². The molecule has 0 bridgehead atoms. The number of hydrogen-bond acceptors (Lipinski definition) is 3. The molecule has 0 saturated heterocycles. The Morgan fingerprint density at radius 3 is 1.69 bits per heavy atom. The summed E-state index contributed by atoms with van der Waals surface area (Å²) in [4.78, 5) is 13.0. The van der Waals surface area contributed by atoms with E-state index in [1.54, 1.807) is 12.4 Å². The lowest BCUT2D eigenvalue weighted by Crippen LogP contribution is -2.04. The molecule has 0 spiro atoms. The van der Waals surface area contributed by atoms with Gasteiger partial charge < -0.3 is 9.13 Å². The third-order valence-electron chi connectivity index (χ3n) is 6.67. The van der Waals surface area contributed by atoms with Crippen molar-refractivity contribution < 1.29 is 0 Å². The molecule has 0 radical (unpaired) electrons. The van der Waals surface area contributed by atoms with Crippen LogP contribution in [0.15, 0.2) is 97.3 Å². The van der Waals surface area contributed by atoms with Crippen LogP contribution < -0.4 is 0 Å². The van der Waals surface area contributed by atoms with E-state index in [-0.39, 0.29) is 0 Å². The molecular formula is C30H16N6. The summed E-state index contributed by atoms with van der Waals surface area (Å²) in [6.07, 6.45) is 3.59. The number of pyridine rings is 2. The summed E-state index contributed by atoms with van der Waals surface area (Å²) in [6.45, 7) is 7.78. The Balaban J connectivity index is 1.72. The van der Waals surface area contributed by atoms with E-state index in [1.807, 2.05) is 60.7 Å². The van der Waals surface area contributed by atoms with E-state index >= 15 is 0 Å². The summed E-state index contributed by atoms with van der Waals surface area (Å²) in [5.74, 6) is 0. The minimum atomic E-state index is 0.310. The fourth-order valence-electron chi connectivity index (χ4n) is 5.19. The van der Waals surface area contributed by atoms with Gasteiger partial charge in [-0.05, 0) is 48.5 Å². The topological polar surface area (TPSA) is 63.8 Å². The number of benzene rings is 3. The molecule has 6 nitrogen and oxygen atoms in total. The Hall–Kier alpha value is -5.46. The van der Waals surface area contributed by atoms with Crippen molar-refractivity contribution >= 4 is 49.6 Å². The van der Waals surface area contributed by atoms with Gasteiger partial charge in [-0.3, -0.25) is 9.97 Å². The first-order valence-electron chi connectivity index (χ1n) is 11.4. The van der Waals surface area contributed by atoms with Crippen LogP contribution in [0.3, 0.4) is 0 Å². The molecular weight excluding hydrogens is 444 g/mol. The Morgan fingerprint density at radius 2 is 1.17 bits per heavy atom. The monoisotopic (exact) mass is 460 g/mol. The molecule has 0 aliphatic carbocycles. The van der Waals surface area contributed by atoms with E-state index in [9.17, 15) is 5.26 Å². The summed E-state index contributed by atoms with van der Waals surface area (Å²) < 4.78 is 4.28. The maximum atomic E-state index is 9.93. The highest BCUT2D eigenvalue weighted by molar-refractivity contribution is 6.09. The highest BCUT2D eigenvalue weighted by Gasteiger charge is 2.21. The van der Waals surface area contributed by atoms with Crippen molar-refractivity contribution in [3.63, 3.8) is 0 Å². The number of fused-ring (bicyclic) bond motifs is 6. The average molecular weight is 461 g/mol. The van der Waals surface area contributed by atoms with Gasteiger partial charge in [-0.1, -0.05) is 36.4 Å². The minimum absolute atomic E-state index is 0.310. The summed E-state index contributed by atoms with van der Waals surface area (Å²) in [5.41, 5.74) is 7.82. The molecule has 7 aromatic rings. The normalized spacial score (nSPS) is 11.3. The lowest BCUT2D eigenvalue weighted by Gasteiger charge is -2.17. The fraction of sp³-hybridized carbons (Fsp3) is 0. The standard InChI is InChI=1S/C30H16N6/c1-32-22-17-28(36-24-11-5-3-9-21(24)30-26(36)13-7-15-34-30)27(16-19(22)18-31)35-23-10-4-2-8-20(23)29-25(35)12-6-14-33-29/h2-17H. The SMILES string of the molecule is [C-]#[N+]c1cc(-n2c3ccccc3c3ncccc32)c(-n2c3ccccc3c3ncccc32)cc1C#N. The number of rotatable bonds is 2. The highest BCUT2D eigenvalue weighted by Crippen LogP contribution is 2.39. The Kier molecular flexibility index (Phi) is 4.17. The summed E-state index contributed by atoms with van der Waals surface area (Å²) >= 11 is 0. The van der Waals surface area contributed by atoms with Crippen LogP contribution in [-0.4, -0.2) is 19.1 Å². The van der Waals surface area contributed by atoms with Gasteiger partial charge in [0.25, 0.3) is 0 Å². The molecule has 4 aromatic heterocycles. The number of nitrogens with zero attached hydrogens (tertiary/aromatic N) is 6. The summed E-state index contributed by atoms with van der Waals surface area (Å²) in [5, 5.41) is 12.0. The molecule has 166 valence electrons.